The van der Waals surface area contributed by atoms with E-state index in [0.717, 1.165) is 45.4 Å². The van der Waals surface area contributed by atoms with Gasteiger partial charge in [0.25, 0.3) is 0 Å². The molecule has 0 aromatic heterocycles. The van der Waals surface area contributed by atoms with E-state index in [2.05, 4.69) is 61.2 Å². The zero-order chi connectivity index (χ0) is 42.1. The lowest BCUT2D eigenvalue weighted by molar-refractivity contribution is -0.385. The van der Waals surface area contributed by atoms with Crippen molar-refractivity contribution >= 4 is 11.6 Å². The summed E-state index contributed by atoms with van der Waals surface area (Å²) in [5, 5.41) is 0.637. The van der Waals surface area contributed by atoms with E-state index >= 15 is 0 Å². The molecule has 1 aliphatic rings. The van der Waals surface area contributed by atoms with Crippen LogP contribution in [0.1, 0.15) is 44.5 Å². The maximum atomic E-state index is 7.31. The molecule has 0 radical (unpaired) electrons. The van der Waals surface area contributed by atoms with E-state index in [1.165, 1.54) is 5.56 Å². The van der Waals surface area contributed by atoms with Crippen LogP contribution < -0.4 is 0 Å². The van der Waals surface area contributed by atoms with Crippen molar-refractivity contribution in [2.75, 3.05) is 26.9 Å². The zero-order valence-electron chi connectivity index (χ0n) is 34.8. The Labute approximate surface area is 365 Å². The van der Waals surface area contributed by atoms with Gasteiger partial charge in [0.2, 0.25) is 5.79 Å². The minimum Gasteiger partial charge on any atom is -0.377 e. The van der Waals surface area contributed by atoms with Gasteiger partial charge < -0.3 is 33.2 Å². The molecule has 61 heavy (non-hydrogen) atoms. The van der Waals surface area contributed by atoms with Crippen molar-refractivity contribution < 1.29 is 33.2 Å². The zero-order valence-corrected chi connectivity index (χ0v) is 35.5. The van der Waals surface area contributed by atoms with E-state index in [0.29, 0.717) is 44.5 Å². The van der Waals surface area contributed by atoms with E-state index in [4.69, 9.17) is 44.8 Å². The average Bonchev–Trinajstić information content (AvgIpc) is 3.31. The van der Waals surface area contributed by atoms with Crippen LogP contribution in [0.3, 0.4) is 0 Å². The molecule has 0 saturated carbocycles. The van der Waals surface area contributed by atoms with Gasteiger partial charge in [0.15, 0.2) is 0 Å². The van der Waals surface area contributed by atoms with Crippen LogP contribution in [0.5, 0.6) is 0 Å². The van der Waals surface area contributed by atoms with Gasteiger partial charge in [-0.15, -0.1) is 6.58 Å². The Morgan fingerprint density at radius 2 is 1.11 bits per heavy atom. The van der Waals surface area contributed by atoms with Gasteiger partial charge >= 0.3 is 0 Å². The minimum atomic E-state index is -1.47. The topological polar surface area (TPSA) is 64.6 Å². The number of benzene rings is 6. The summed E-state index contributed by atoms with van der Waals surface area (Å²) in [5.41, 5.74) is 8.07. The second-order valence-corrected chi connectivity index (χ2v) is 15.6. The standard InChI is InChI=1S/C53H55ClO7/c1-3-31-56-32-30-40-24-26-41(27-25-40)33-46-34-47(28-29-48(46)54)53(55-2)52(60-38-45-22-14-7-15-23-45)51(59-37-44-20-12-6-13-21-44)50(58-36-43-18-10-5-11-19-43)49(61-53)39-57-35-42-16-8-4-9-17-42/h3-29,34,49-52H,1,30-33,35-39H2,2H3/t49-,50-,51+,52-,53+/m1/s1. The molecule has 1 saturated heterocycles. The molecule has 0 bridgehead atoms. The van der Waals surface area contributed by atoms with Crippen molar-refractivity contribution in [2.45, 2.75) is 69.5 Å². The SMILES string of the molecule is C=CCOCCc1ccc(Cc2cc([C@]3(OC)O[C@H](COCc4ccccc4)[C@@H](OCc4ccccc4)[C@H](OCc4ccccc4)[C@H]3OCc3ccccc3)ccc2Cl)cc1. The van der Waals surface area contributed by atoms with Crippen LogP contribution in [0.2, 0.25) is 5.02 Å². The molecule has 7 rings (SSSR count). The highest BCUT2D eigenvalue weighted by Crippen LogP contribution is 2.45. The highest BCUT2D eigenvalue weighted by Gasteiger charge is 2.58. The van der Waals surface area contributed by atoms with E-state index in [1.54, 1.807) is 13.2 Å². The molecule has 8 heteroatoms. The van der Waals surface area contributed by atoms with Crippen LogP contribution >= 0.6 is 11.6 Å². The van der Waals surface area contributed by atoms with E-state index < -0.39 is 30.2 Å². The normalized spacial score (nSPS) is 20.0. The first kappa shape index (κ1) is 44.1. The largest absolute Gasteiger partial charge is 0.377 e. The maximum Gasteiger partial charge on any atom is 0.225 e. The van der Waals surface area contributed by atoms with E-state index in [1.807, 2.05) is 109 Å². The number of hydrogen-bond acceptors (Lipinski definition) is 7. The lowest BCUT2D eigenvalue weighted by Crippen LogP contribution is -2.66. The van der Waals surface area contributed by atoms with Crippen LogP contribution in [-0.2, 0) is 78.2 Å². The fraction of sp³-hybridized carbons (Fsp3) is 0.283. The first-order valence-corrected chi connectivity index (χ1v) is 21.3. The molecule has 1 aliphatic heterocycles. The molecule has 5 atom stereocenters. The number of methoxy groups -OCH3 is 1. The maximum absolute atomic E-state index is 7.31. The van der Waals surface area contributed by atoms with Crippen LogP contribution in [-0.4, -0.2) is 51.3 Å². The van der Waals surface area contributed by atoms with Crippen molar-refractivity contribution in [1.82, 2.24) is 0 Å². The predicted octanol–water partition coefficient (Wildman–Crippen LogP) is 10.8. The monoisotopic (exact) mass is 838 g/mol. The Hall–Kier alpha value is -4.93. The first-order chi connectivity index (χ1) is 30.0. The summed E-state index contributed by atoms with van der Waals surface area (Å²) in [4.78, 5) is 0. The van der Waals surface area contributed by atoms with Gasteiger partial charge in [-0.3, -0.25) is 0 Å². The Morgan fingerprint density at radius 3 is 1.67 bits per heavy atom. The quantitative estimate of drug-likeness (QED) is 0.0498. The number of ether oxygens (including phenoxy) is 7. The Kier molecular flexibility index (Phi) is 16.5. The van der Waals surface area contributed by atoms with Gasteiger partial charge in [-0.1, -0.05) is 169 Å². The molecule has 0 aliphatic carbocycles. The van der Waals surface area contributed by atoms with E-state index in [9.17, 15) is 0 Å². The second-order valence-electron chi connectivity index (χ2n) is 15.2. The van der Waals surface area contributed by atoms with Gasteiger partial charge in [-0.05, 0) is 63.9 Å². The minimum absolute atomic E-state index is 0.196. The molecule has 1 heterocycles. The van der Waals surface area contributed by atoms with Crippen LogP contribution in [0.15, 0.2) is 176 Å². The lowest BCUT2D eigenvalue weighted by atomic mass is 9.86. The third kappa shape index (κ3) is 12.1. The van der Waals surface area contributed by atoms with Crippen molar-refractivity contribution in [3.63, 3.8) is 0 Å². The summed E-state index contributed by atoms with van der Waals surface area (Å²) in [5.74, 6) is -1.47. The molecular weight excluding hydrogens is 784 g/mol. The van der Waals surface area contributed by atoms with Crippen molar-refractivity contribution in [3.05, 3.63) is 226 Å². The van der Waals surface area contributed by atoms with Gasteiger partial charge in [0.05, 0.1) is 46.2 Å². The van der Waals surface area contributed by atoms with Crippen molar-refractivity contribution in [2.24, 2.45) is 0 Å². The van der Waals surface area contributed by atoms with Crippen molar-refractivity contribution in [3.8, 4) is 0 Å². The molecule has 0 amide bonds. The van der Waals surface area contributed by atoms with Gasteiger partial charge in [-0.25, -0.2) is 0 Å². The van der Waals surface area contributed by atoms with Gasteiger partial charge in [0, 0.05) is 17.7 Å². The molecule has 7 nitrogen and oxygen atoms in total. The lowest BCUT2D eigenvalue weighted by Gasteiger charge is -2.52. The number of rotatable bonds is 22. The molecule has 1 fully saturated rings. The van der Waals surface area contributed by atoms with Crippen LogP contribution in [0, 0.1) is 0 Å². The number of hydrogen-bond donors (Lipinski definition) is 0. The molecule has 6 aromatic rings. The summed E-state index contributed by atoms with van der Waals surface area (Å²) < 4.78 is 47.1. The summed E-state index contributed by atoms with van der Waals surface area (Å²) in [7, 11) is 1.66. The van der Waals surface area contributed by atoms with Crippen LogP contribution in [0.4, 0.5) is 0 Å². The summed E-state index contributed by atoms with van der Waals surface area (Å²) >= 11 is 7.00. The van der Waals surface area contributed by atoms with Crippen LogP contribution in [0.25, 0.3) is 0 Å². The van der Waals surface area contributed by atoms with Crippen molar-refractivity contribution in [1.29, 1.82) is 0 Å². The molecule has 0 unspecified atom stereocenters. The Balaban J connectivity index is 1.27. The fourth-order valence-corrected chi connectivity index (χ4v) is 7.86. The Morgan fingerprint density at radius 1 is 0.590 bits per heavy atom. The smallest absolute Gasteiger partial charge is 0.225 e. The second kappa shape index (κ2) is 22.8. The highest BCUT2D eigenvalue weighted by atomic mass is 35.5. The van der Waals surface area contributed by atoms with Gasteiger partial charge in [-0.2, -0.15) is 0 Å². The molecule has 0 N–H and O–H groups in total. The predicted molar refractivity (Wildman–Crippen MR) is 240 cm³/mol. The Bertz CT molecular complexity index is 2190. The molecule has 6 aromatic carbocycles. The summed E-state index contributed by atoms with van der Waals surface area (Å²) in [6, 6.07) is 54.9. The summed E-state index contributed by atoms with van der Waals surface area (Å²) in [6.07, 6.45) is 0.402. The molecular formula is C53H55ClO7. The number of halogens is 1. The third-order valence-electron chi connectivity index (χ3n) is 10.9. The summed E-state index contributed by atoms with van der Waals surface area (Å²) in [6.45, 7) is 6.40. The first-order valence-electron chi connectivity index (χ1n) is 20.9. The molecule has 316 valence electrons. The molecule has 0 spiro atoms. The third-order valence-corrected chi connectivity index (χ3v) is 11.2. The highest BCUT2D eigenvalue weighted by molar-refractivity contribution is 6.31. The van der Waals surface area contributed by atoms with Gasteiger partial charge in [0.1, 0.15) is 24.4 Å². The fourth-order valence-electron chi connectivity index (χ4n) is 7.68. The average molecular weight is 839 g/mol. The van der Waals surface area contributed by atoms with E-state index in [-0.39, 0.29) is 13.2 Å².